The Labute approximate surface area is 120 Å². The third-order valence-electron chi connectivity index (χ3n) is 4.81. The Morgan fingerprint density at radius 2 is 1.95 bits per heavy atom. The number of piperidine rings is 1. The van der Waals surface area contributed by atoms with Gasteiger partial charge in [0.05, 0.1) is 0 Å². The fraction of sp³-hybridized carbons (Fsp3) is 0.625. The highest BCUT2D eigenvalue weighted by Crippen LogP contribution is 2.37. The summed E-state index contributed by atoms with van der Waals surface area (Å²) >= 11 is 6.24. The van der Waals surface area contributed by atoms with Crippen molar-refractivity contribution in [1.29, 1.82) is 0 Å². The Balaban J connectivity index is 1.78. The molecule has 1 aromatic carbocycles. The van der Waals surface area contributed by atoms with Gasteiger partial charge >= 0.3 is 0 Å². The number of aromatic hydroxyl groups is 1. The molecule has 2 aliphatic rings. The molecule has 0 radical (unpaired) electrons. The number of fused-ring (bicyclic) bond motifs is 1. The Morgan fingerprint density at radius 1 is 1.16 bits per heavy atom. The van der Waals surface area contributed by atoms with Gasteiger partial charge in [0, 0.05) is 23.2 Å². The molecular weight excluding hydrogens is 258 g/mol. The summed E-state index contributed by atoms with van der Waals surface area (Å²) in [5, 5.41) is 10.7. The van der Waals surface area contributed by atoms with Gasteiger partial charge < -0.3 is 5.11 Å². The van der Waals surface area contributed by atoms with E-state index >= 15 is 0 Å². The predicted octanol–water partition coefficient (Wildman–Crippen LogP) is 4.20. The minimum Gasteiger partial charge on any atom is -0.508 e. The van der Waals surface area contributed by atoms with Crippen molar-refractivity contribution in [1.82, 2.24) is 4.90 Å². The highest BCUT2D eigenvalue weighted by Gasteiger charge is 2.33. The number of hydrogen-bond acceptors (Lipinski definition) is 2. The summed E-state index contributed by atoms with van der Waals surface area (Å²) in [4.78, 5) is 2.55. The Bertz CT molecular complexity index is 426. The van der Waals surface area contributed by atoms with E-state index in [1.54, 1.807) is 12.1 Å². The van der Waals surface area contributed by atoms with Gasteiger partial charge in [0.25, 0.3) is 0 Å². The zero-order chi connectivity index (χ0) is 13.2. The number of phenolic OH excluding ortho intramolecular Hbond substituents is 1. The highest BCUT2D eigenvalue weighted by atomic mass is 35.5. The van der Waals surface area contributed by atoms with Crippen molar-refractivity contribution in [3.05, 3.63) is 28.8 Å². The van der Waals surface area contributed by atoms with Crippen molar-refractivity contribution < 1.29 is 5.11 Å². The van der Waals surface area contributed by atoms with Gasteiger partial charge in [0.1, 0.15) is 5.75 Å². The van der Waals surface area contributed by atoms with Crippen LogP contribution in [0.1, 0.15) is 44.1 Å². The van der Waals surface area contributed by atoms with E-state index in [1.165, 1.54) is 38.5 Å². The van der Waals surface area contributed by atoms with Gasteiger partial charge in [-0.3, -0.25) is 4.90 Å². The second kappa shape index (κ2) is 5.72. The molecule has 1 heterocycles. The lowest BCUT2D eigenvalue weighted by atomic mass is 9.78. The minimum atomic E-state index is 0.338. The average Bonchev–Trinajstić information content (AvgIpc) is 2.43. The van der Waals surface area contributed by atoms with E-state index in [9.17, 15) is 5.11 Å². The lowest BCUT2D eigenvalue weighted by Gasteiger charge is -2.44. The van der Waals surface area contributed by atoms with Gasteiger partial charge in [-0.15, -0.1) is 0 Å². The normalized spacial score (nSPS) is 28.1. The first-order valence-electron chi connectivity index (χ1n) is 7.46. The molecule has 1 aliphatic heterocycles. The van der Waals surface area contributed by atoms with E-state index in [0.29, 0.717) is 16.8 Å². The molecule has 2 atom stereocenters. The lowest BCUT2D eigenvalue weighted by Crippen LogP contribution is -2.46. The largest absolute Gasteiger partial charge is 0.508 e. The fourth-order valence-electron chi connectivity index (χ4n) is 3.83. The topological polar surface area (TPSA) is 23.5 Å². The molecule has 0 amide bonds. The Morgan fingerprint density at radius 3 is 2.79 bits per heavy atom. The number of benzene rings is 1. The molecule has 3 rings (SSSR count). The SMILES string of the molecule is Oc1cccc(Cl)c1CN1CCC[C@H]2CCCC[C@H]21. The molecular formula is C16H22ClNO. The molecule has 2 fully saturated rings. The van der Waals surface area contributed by atoms with Crippen LogP contribution in [0, 0.1) is 5.92 Å². The first-order chi connectivity index (χ1) is 9.25. The first kappa shape index (κ1) is 13.3. The van der Waals surface area contributed by atoms with Crippen molar-refractivity contribution in [2.75, 3.05) is 6.54 Å². The molecule has 1 aliphatic carbocycles. The van der Waals surface area contributed by atoms with Crippen LogP contribution in [0.25, 0.3) is 0 Å². The highest BCUT2D eigenvalue weighted by molar-refractivity contribution is 6.31. The summed E-state index contributed by atoms with van der Waals surface area (Å²) < 4.78 is 0. The maximum atomic E-state index is 10.0. The molecule has 0 unspecified atom stereocenters. The summed E-state index contributed by atoms with van der Waals surface area (Å²) in [5.74, 6) is 1.21. The average molecular weight is 280 g/mol. The summed E-state index contributed by atoms with van der Waals surface area (Å²) in [7, 11) is 0. The van der Waals surface area contributed by atoms with E-state index in [-0.39, 0.29) is 0 Å². The number of phenols is 1. The van der Waals surface area contributed by atoms with Crippen molar-refractivity contribution in [2.45, 2.75) is 51.1 Å². The van der Waals surface area contributed by atoms with Crippen molar-refractivity contribution in [3.63, 3.8) is 0 Å². The van der Waals surface area contributed by atoms with Crippen molar-refractivity contribution in [2.24, 2.45) is 5.92 Å². The zero-order valence-corrected chi connectivity index (χ0v) is 12.1. The second-order valence-electron chi connectivity index (χ2n) is 5.96. The number of rotatable bonds is 2. The summed E-state index contributed by atoms with van der Waals surface area (Å²) in [5.41, 5.74) is 0.899. The molecule has 1 N–H and O–H groups in total. The number of halogens is 1. The molecule has 2 nitrogen and oxygen atoms in total. The molecule has 1 saturated heterocycles. The van der Waals surface area contributed by atoms with Crippen molar-refractivity contribution in [3.8, 4) is 5.75 Å². The van der Waals surface area contributed by atoms with Crippen LogP contribution in [-0.2, 0) is 6.54 Å². The molecule has 1 aromatic rings. The van der Waals surface area contributed by atoms with E-state index < -0.39 is 0 Å². The Kier molecular flexibility index (Phi) is 3.99. The van der Waals surface area contributed by atoms with Gasteiger partial charge in [-0.05, 0) is 50.3 Å². The van der Waals surface area contributed by atoms with Crippen LogP contribution in [-0.4, -0.2) is 22.6 Å². The van der Waals surface area contributed by atoms with E-state index in [2.05, 4.69) is 4.90 Å². The van der Waals surface area contributed by atoms with E-state index in [0.717, 1.165) is 24.6 Å². The van der Waals surface area contributed by atoms with Crippen LogP contribution in [0.2, 0.25) is 5.02 Å². The number of likely N-dealkylation sites (tertiary alicyclic amines) is 1. The molecule has 0 bridgehead atoms. The van der Waals surface area contributed by atoms with Crippen LogP contribution < -0.4 is 0 Å². The van der Waals surface area contributed by atoms with Gasteiger partial charge in [-0.2, -0.15) is 0 Å². The monoisotopic (exact) mass is 279 g/mol. The second-order valence-corrected chi connectivity index (χ2v) is 6.37. The molecule has 1 saturated carbocycles. The Hall–Kier alpha value is -0.730. The summed E-state index contributed by atoms with van der Waals surface area (Å²) in [6.45, 7) is 1.94. The van der Waals surface area contributed by atoms with Crippen LogP contribution in [0.15, 0.2) is 18.2 Å². The van der Waals surface area contributed by atoms with Gasteiger partial charge in [0.2, 0.25) is 0 Å². The van der Waals surface area contributed by atoms with Gasteiger partial charge in [0.15, 0.2) is 0 Å². The third-order valence-corrected chi connectivity index (χ3v) is 5.17. The third kappa shape index (κ3) is 2.75. The quantitative estimate of drug-likeness (QED) is 0.877. The van der Waals surface area contributed by atoms with Crippen molar-refractivity contribution >= 4 is 11.6 Å². The fourth-order valence-corrected chi connectivity index (χ4v) is 4.06. The zero-order valence-electron chi connectivity index (χ0n) is 11.3. The van der Waals surface area contributed by atoms with Crippen LogP contribution >= 0.6 is 11.6 Å². The molecule has 0 aromatic heterocycles. The van der Waals surface area contributed by atoms with Crippen LogP contribution in [0.4, 0.5) is 0 Å². The van der Waals surface area contributed by atoms with E-state index in [4.69, 9.17) is 11.6 Å². The lowest BCUT2D eigenvalue weighted by molar-refractivity contribution is 0.0542. The van der Waals surface area contributed by atoms with Gasteiger partial charge in [-0.25, -0.2) is 0 Å². The molecule has 19 heavy (non-hydrogen) atoms. The smallest absolute Gasteiger partial charge is 0.121 e. The first-order valence-corrected chi connectivity index (χ1v) is 7.84. The number of hydrogen-bond donors (Lipinski definition) is 1. The van der Waals surface area contributed by atoms with Crippen LogP contribution in [0.5, 0.6) is 5.75 Å². The molecule has 3 heteroatoms. The maximum absolute atomic E-state index is 10.0. The van der Waals surface area contributed by atoms with E-state index in [1.807, 2.05) is 6.07 Å². The summed E-state index contributed by atoms with van der Waals surface area (Å²) in [6.07, 6.45) is 8.12. The molecule has 0 spiro atoms. The maximum Gasteiger partial charge on any atom is 0.121 e. The predicted molar refractivity (Wildman–Crippen MR) is 78.5 cm³/mol. The minimum absolute atomic E-state index is 0.338. The van der Waals surface area contributed by atoms with Gasteiger partial charge in [-0.1, -0.05) is 30.5 Å². The standard InChI is InChI=1S/C16H22ClNO/c17-14-7-3-9-16(19)13(14)11-18-10-4-6-12-5-1-2-8-15(12)18/h3,7,9,12,15,19H,1-2,4-6,8,10-11H2/t12-,15-/m1/s1. The molecule has 104 valence electrons. The summed E-state index contributed by atoms with van der Waals surface area (Å²) in [6, 6.07) is 6.13. The van der Waals surface area contributed by atoms with Crippen LogP contribution in [0.3, 0.4) is 0 Å². The number of nitrogens with zero attached hydrogens (tertiary/aromatic N) is 1.